The summed E-state index contributed by atoms with van der Waals surface area (Å²) in [6.07, 6.45) is 0. The zero-order chi connectivity index (χ0) is 22.1. The van der Waals surface area contributed by atoms with E-state index < -0.39 is 0 Å². The van der Waals surface area contributed by atoms with E-state index in [1.165, 1.54) is 4.90 Å². The Kier molecular flexibility index (Phi) is 6.13. The molecule has 4 rings (SSSR count). The lowest BCUT2D eigenvalue weighted by Gasteiger charge is -2.25. The molecule has 0 radical (unpaired) electrons. The highest BCUT2D eigenvalue weighted by molar-refractivity contribution is 8.27. The lowest BCUT2D eigenvalue weighted by Crippen LogP contribution is -2.39. The van der Waals surface area contributed by atoms with E-state index in [4.69, 9.17) is 17.0 Å². The van der Waals surface area contributed by atoms with Gasteiger partial charge in [-0.25, -0.2) is 0 Å². The van der Waals surface area contributed by atoms with Crippen LogP contribution < -0.4 is 14.5 Å². The summed E-state index contributed by atoms with van der Waals surface area (Å²) in [7, 11) is 1.55. The third-order valence-electron chi connectivity index (χ3n) is 5.48. The van der Waals surface area contributed by atoms with Gasteiger partial charge in [-0.1, -0.05) is 68.2 Å². The molecule has 0 aliphatic carbocycles. The summed E-state index contributed by atoms with van der Waals surface area (Å²) in [4.78, 5) is 32.7. The Morgan fingerprint density at radius 2 is 1.61 bits per heavy atom. The van der Waals surface area contributed by atoms with E-state index in [-0.39, 0.29) is 11.8 Å². The molecule has 0 atom stereocenters. The molecular weight excluding hydrogens is 430 g/mol. The first-order valence-electron chi connectivity index (χ1n) is 10.1. The van der Waals surface area contributed by atoms with Crippen molar-refractivity contribution in [1.82, 2.24) is 4.90 Å². The molecule has 0 bridgehead atoms. The first-order valence-corrected chi connectivity index (χ1v) is 11.3. The molecule has 6 nitrogen and oxygen atoms in total. The van der Waals surface area contributed by atoms with Gasteiger partial charge in [0.15, 0.2) is 4.32 Å². The minimum Gasteiger partial charge on any atom is -0.495 e. The Balaban J connectivity index is 1.79. The summed E-state index contributed by atoms with van der Waals surface area (Å²) < 4.78 is 5.80. The second-order valence-corrected chi connectivity index (χ2v) is 8.72. The van der Waals surface area contributed by atoms with Crippen molar-refractivity contribution in [2.24, 2.45) is 0 Å². The van der Waals surface area contributed by atoms with Gasteiger partial charge in [-0.15, -0.1) is 0 Å². The minimum absolute atomic E-state index is 0.173. The second kappa shape index (κ2) is 8.82. The molecule has 2 heterocycles. The van der Waals surface area contributed by atoms with Crippen LogP contribution in [-0.2, 0) is 9.59 Å². The highest BCUT2D eigenvalue weighted by Gasteiger charge is 2.43. The first-order chi connectivity index (χ1) is 15.0. The number of thiocarbonyl (C=S) groups is 1. The molecule has 160 valence electrons. The summed E-state index contributed by atoms with van der Waals surface area (Å²) in [6, 6.07) is 14.8. The molecule has 2 amide bonds. The number of fused-ring (bicyclic) bond motifs is 1. The predicted octanol–water partition coefficient (Wildman–Crippen LogP) is 4.12. The van der Waals surface area contributed by atoms with Crippen LogP contribution in [0.4, 0.5) is 11.4 Å². The van der Waals surface area contributed by atoms with Gasteiger partial charge >= 0.3 is 0 Å². The average molecular weight is 454 g/mol. The number of amides is 2. The summed E-state index contributed by atoms with van der Waals surface area (Å²) in [5.41, 5.74) is 2.57. The summed E-state index contributed by atoms with van der Waals surface area (Å²) >= 11 is 6.70. The maximum atomic E-state index is 13.5. The van der Waals surface area contributed by atoms with Crippen molar-refractivity contribution in [3.63, 3.8) is 0 Å². The molecule has 2 aliphatic heterocycles. The number of rotatable bonds is 6. The van der Waals surface area contributed by atoms with Crippen molar-refractivity contribution in [1.29, 1.82) is 0 Å². The van der Waals surface area contributed by atoms with E-state index in [0.29, 0.717) is 32.9 Å². The lowest BCUT2D eigenvalue weighted by molar-refractivity contribution is -0.115. The molecule has 2 aliphatic rings. The molecule has 0 unspecified atom stereocenters. The van der Waals surface area contributed by atoms with Crippen LogP contribution in [0.5, 0.6) is 5.75 Å². The number of ether oxygens (including phenoxy) is 1. The topological polar surface area (TPSA) is 53.1 Å². The summed E-state index contributed by atoms with van der Waals surface area (Å²) in [6.45, 7) is 6.25. The number of thioether (sulfide) groups is 1. The van der Waals surface area contributed by atoms with Crippen LogP contribution in [0.3, 0.4) is 0 Å². The molecule has 0 spiro atoms. The highest BCUT2D eigenvalue weighted by atomic mass is 32.2. The molecule has 0 N–H and O–H groups in total. The molecular formula is C23H23N3O3S2. The standard InChI is InChI=1S/C23H23N3O3S2/c1-4-24(5-2)14-25-16-11-7-6-10-15(16)19(21(25)27)20-22(28)26(23(30)31-20)17-12-8-9-13-18(17)29-3/h6-13H,4-5,14H2,1-3H3. The van der Waals surface area contributed by atoms with Gasteiger partial charge in [0.2, 0.25) is 0 Å². The summed E-state index contributed by atoms with van der Waals surface area (Å²) in [5.74, 6) is 0.0716. The SMILES string of the molecule is CCN(CC)CN1C(=O)C(=C2SC(=S)N(c3ccccc3OC)C2=O)c2ccccc21. The van der Waals surface area contributed by atoms with Gasteiger partial charge in [-0.05, 0) is 31.3 Å². The number of hydrogen-bond donors (Lipinski definition) is 0. The van der Waals surface area contributed by atoms with Crippen LogP contribution in [0.1, 0.15) is 19.4 Å². The second-order valence-electron chi connectivity index (χ2n) is 7.08. The fraction of sp³-hybridized carbons (Fsp3) is 0.261. The van der Waals surface area contributed by atoms with Crippen LogP contribution in [0.15, 0.2) is 53.4 Å². The normalized spacial score (nSPS) is 18.4. The zero-order valence-corrected chi connectivity index (χ0v) is 19.3. The van der Waals surface area contributed by atoms with Gasteiger partial charge in [-0.2, -0.15) is 0 Å². The molecule has 0 saturated carbocycles. The number of carbonyl (C=O) groups excluding carboxylic acids is 2. The third kappa shape index (κ3) is 3.64. The van der Waals surface area contributed by atoms with Gasteiger partial charge in [0.1, 0.15) is 5.75 Å². The van der Waals surface area contributed by atoms with Crippen LogP contribution >= 0.6 is 24.0 Å². The number of methoxy groups -OCH3 is 1. The van der Waals surface area contributed by atoms with Crippen molar-refractivity contribution >= 4 is 57.1 Å². The highest BCUT2D eigenvalue weighted by Crippen LogP contribution is 2.46. The van der Waals surface area contributed by atoms with Gasteiger partial charge in [0, 0.05) is 5.56 Å². The van der Waals surface area contributed by atoms with E-state index in [1.807, 2.05) is 36.4 Å². The fourth-order valence-corrected chi connectivity index (χ4v) is 5.16. The largest absolute Gasteiger partial charge is 0.495 e. The zero-order valence-electron chi connectivity index (χ0n) is 17.6. The van der Waals surface area contributed by atoms with E-state index in [1.54, 1.807) is 24.1 Å². The van der Waals surface area contributed by atoms with Gasteiger partial charge in [0.05, 0.1) is 35.6 Å². The van der Waals surface area contributed by atoms with E-state index in [9.17, 15) is 9.59 Å². The number of carbonyl (C=O) groups is 2. The minimum atomic E-state index is -0.303. The quantitative estimate of drug-likeness (QED) is 0.485. The van der Waals surface area contributed by atoms with E-state index in [0.717, 1.165) is 36.1 Å². The van der Waals surface area contributed by atoms with Gasteiger partial charge in [-0.3, -0.25) is 24.3 Å². The Hall–Kier alpha value is -2.68. The Morgan fingerprint density at radius 3 is 2.29 bits per heavy atom. The Morgan fingerprint density at radius 1 is 0.968 bits per heavy atom. The fourth-order valence-electron chi connectivity index (χ4n) is 3.80. The molecule has 2 aromatic carbocycles. The molecule has 1 fully saturated rings. The lowest BCUT2D eigenvalue weighted by atomic mass is 10.1. The van der Waals surface area contributed by atoms with Crippen molar-refractivity contribution in [2.75, 3.05) is 36.7 Å². The average Bonchev–Trinajstić information content (AvgIpc) is 3.23. The van der Waals surface area contributed by atoms with Gasteiger partial charge in [0.25, 0.3) is 11.8 Å². The number of benzene rings is 2. The Bertz CT molecular complexity index is 1090. The van der Waals surface area contributed by atoms with Crippen LogP contribution in [0, 0.1) is 0 Å². The maximum Gasteiger partial charge on any atom is 0.271 e. The maximum absolute atomic E-state index is 13.5. The van der Waals surface area contributed by atoms with Crippen molar-refractivity contribution < 1.29 is 14.3 Å². The summed E-state index contributed by atoms with van der Waals surface area (Å²) in [5, 5.41) is 0. The van der Waals surface area contributed by atoms with Crippen LogP contribution in [0.2, 0.25) is 0 Å². The van der Waals surface area contributed by atoms with Crippen LogP contribution in [-0.4, -0.2) is 47.9 Å². The molecule has 1 saturated heterocycles. The predicted molar refractivity (Wildman–Crippen MR) is 129 cm³/mol. The Labute approximate surface area is 191 Å². The number of anilines is 2. The number of para-hydroxylation sites is 3. The molecule has 0 aromatic heterocycles. The molecule has 2 aromatic rings. The van der Waals surface area contributed by atoms with E-state index in [2.05, 4.69) is 18.7 Å². The van der Waals surface area contributed by atoms with E-state index >= 15 is 0 Å². The third-order valence-corrected chi connectivity index (χ3v) is 6.85. The van der Waals surface area contributed by atoms with Crippen molar-refractivity contribution in [3.8, 4) is 5.75 Å². The van der Waals surface area contributed by atoms with Crippen LogP contribution in [0.25, 0.3) is 5.57 Å². The van der Waals surface area contributed by atoms with Crippen molar-refractivity contribution in [2.45, 2.75) is 13.8 Å². The number of hydrogen-bond acceptors (Lipinski definition) is 6. The number of nitrogens with zero attached hydrogens (tertiary/aromatic N) is 3. The molecule has 31 heavy (non-hydrogen) atoms. The van der Waals surface area contributed by atoms with Crippen molar-refractivity contribution in [3.05, 3.63) is 59.0 Å². The van der Waals surface area contributed by atoms with Gasteiger partial charge < -0.3 is 4.74 Å². The smallest absolute Gasteiger partial charge is 0.271 e. The molecule has 8 heteroatoms. The first kappa shape index (κ1) is 21.5. The monoisotopic (exact) mass is 453 g/mol.